The van der Waals surface area contributed by atoms with Crippen LogP contribution in [0.2, 0.25) is 0 Å². The Kier molecular flexibility index (Phi) is 6.23. The van der Waals surface area contributed by atoms with E-state index in [4.69, 9.17) is 4.74 Å². The number of rotatable bonds is 5. The van der Waals surface area contributed by atoms with Crippen molar-refractivity contribution < 1.29 is 14.6 Å². The number of carbonyl (C=O) groups excluding carboxylic acids is 1. The van der Waals surface area contributed by atoms with Crippen molar-refractivity contribution in [3.63, 3.8) is 0 Å². The molecule has 1 atom stereocenters. The largest absolute Gasteiger partial charge is 0.395 e. The maximum atomic E-state index is 12.0. The van der Waals surface area contributed by atoms with E-state index < -0.39 is 0 Å². The number of ether oxygens (including phenoxy) is 1. The van der Waals surface area contributed by atoms with E-state index in [2.05, 4.69) is 11.8 Å². The van der Waals surface area contributed by atoms with Crippen molar-refractivity contribution in [1.82, 2.24) is 9.80 Å². The lowest BCUT2D eigenvalue weighted by Crippen LogP contribution is -2.53. The molecule has 0 radical (unpaired) electrons. The summed E-state index contributed by atoms with van der Waals surface area (Å²) in [6.07, 6.45) is 0.942. The first-order valence-electron chi connectivity index (χ1n) is 7.14. The molecular formula is C14H28N2O3. The molecule has 5 nitrogen and oxygen atoms in total. The molecule has 1 aliphatic heterocycles. The van der Waals surface area contributed by atoms with Crippen LogP contribution in [0, 0.1) is 0 Å². The van der Waals surface area contributed by atoms with Crippen LogP contribution in [0.4, 0.5) is 0 Å². The van der Waals surface area contributed by atoms with Gasteiger partial charge in [-0.2, -0.15) is 0 Å². The molecule has 5 heteroatoms. The molecule has 1 fully saturated rings. The van der Waals surface area contributed by atoms with Crippen LogP contribution in [0.15, 0.2) is 0 Å². The summed E-state index contributed by atoms with van der Waals surface area (Å²) >= 11 is 0. The van der Waals surface area contributed by atoms with Crippen molar-refractivity contribution >= 4 is 5.91 Å². The smallest absolute Gasteiger partial charge is 0.248 e. The van der Waals surface area contributed by atoms with Crippen molar-refractivity contribution in [2.24, 2.45) is 0 Å². The average molecular weight is 272 g/mol. The highest BCUT2D eigenvalue weighted by Crippen LogP contribution is 2.11. The number of piperazine rings is 1. The van der Waals surface area contributed by atoms with E-state index >= 15 is 0 Å². The number of amides is 1. The second kappa shape index (κ2) is 7.22. The maximum Gasteiger partial charge on any atom is 0.248 e. The summed E-state index contributed by atoms with van der Waals surface area (Å²) in [5, 5.41) is 9.28. The lowest BCUT2D eigenvalue weighted by molar-refractivity contribution is -0.143. The monoisotopic (exact) mass is 272 g/mol. The highest BCUT2D eigenvalue weighted by Gasteiger charge is 2.25. The minimum Gasteiger partial charge on any atom is -0.395 e. The normalized spacial score (nSPS) is 19.5. The van der Waals surface area contributed by atoms with Gasteiger partial charge in [-0.05, 0) is 27.2 Å². The molecular weight excluding hydrogens is 244 g/mol. The van der Waals surface area contributed by atoms with Gasteiger partial charge in [0, 0.05) is 32.2 Å². The van der Waals surface area contributed by atoms with E-state index in [0.717, 1.165) is 32.6 Å². The Balaban J connectivity index is 2.35. The fraction of sp³-hybridized carbons (Fsp3) is 0.929. The van der Waals surface area contributed by atoms with Gasteiger partial charge in [0.1, 0.15) is 6.61 Å². The van der Waals surface area contributed by atoms with Crippen LogP contribution in [0.5, 0.6) is 0 Å². The fourth-order valence-electron chi connectivity index (χ4n) is 2.21. The SMILES string of the molecule is CCC(CO)N1CCN(C(=O)COC(C)(C)C)CC1. The Morgan fingerprint density at radius 1 is 1.26 bits per heavy atom. The van der Waals surface area contributed by atoms with Crippen molar-refractivity contribution in [3.8, 4) is 0 Å². The van der Waals surface area contributed by atoms with Crippen LogP contribution < -0.4 is 0 Å². The number of nitrogens with zero attached hydrogens (tertiary/aromatic N) is 2. The molecule has 1 amide bonds. The van der Waals surface area contributed by atoms with Gasteiger partial charge in [-0.1, -0.05) is 6.92 Å². The summed E-state index contributed by atoms with van der Waals surface area (Å²) in [7, 11) is 0. The highest BCUT2D eigenvalue weighted by atomic mass is 16.5. The van der Waals surface area contributed by atoms with Gasteiger partial charge in [0.25, 0.3) is 0 Å². The number of aliphatic hydroxyl groups excluding tert-OH is 1. The summed E-state index contributed by atoms with van der Waals surface area (Å²) in [4.78, 5) is 16.1. The number of hydrogen-bond acceptors (Lipinski definition) is 4. The second-order valence-electron chi connectivity index (χ2n) is 6.06. The molecule has 0 aromatic rings. The molecule has 1 unspecified atom stereocenters. The van der Waals surface area contributed by atoms with Crippen LogP contribution in [0.1, 0.15) is 34.1 Å². The predicted molar refractivity (Wildman–Crippen MR) is 75.0 cm³/mol. The van der Waals surface area contributed by atoms with E-state index in [1.165, 1.54) is 0 Å². The van der Waals surface area contributed by atoms with Crippen LogP contribution in [0.25, 0.3) is 0 Å². The molecule has 1 rings (SSSR count). The van der Waals surface area contributed by atoms with Crippen molar-refractivity contribution in [2.75, 3.05) is 39.4 Å². The van der Waals surface area contributed by atoms with E-state index in [1.54, 1.807) is 0 Å². The third-order valence-corrected chi connectivity index (χ3v) is 3.49. The Labute approximate surface area is 116 Å². The topological polar surface area (TPSA) is 53.0 Å². The van der Waals surface area contributed by atoms with Crippen LogP contribution >= 0.6 is 0 Å². The van der Waals surface area contributed by atoms with Crippen molar-refractivity contribution in [1.29, 1.82) is 0 Å². The molecule has 0 bridgehead atoms. The van der Waals surface area contributed by atoms with E-state index in [-0.39, 0.29) is 30.8 Å². The minimum atomic E-state index is -0.276. The van der Waals surface area contributed by atoms with Gasteiger partial charge < -0.3 is 14.7 Å². The van der Waals surface area contributed by atoms with E-state index in [0.29, 0.717) is 0 Å². The summed E-state index contributed by atoms with van der Waals surface area (Å²) < 4.78 is 5.52. The van der Waals surface area contributed by atoms with E-state index in [9.17, 15) is 9.90 Å². The van der Waals surface area contributed by atoms with Gasteiger partial charge in [-0.15, -0.1) is 0 Å². The zero-order chi connectivity index (χ0) is 14.5. The summed E-state index contributed by atoms with van der Waals surface area (Å²) in [5.41, 5.74) is -0.276. The number of carbonyl (C=O) groups is 1. The molecule has 19 heavy (non-hydrogen) atoms. The zero-order valence-electron chi connectivity index (χ0n) is 12.7. The lowest BCUT2D eigenvalue weighted by Gasteiger charge is -2.38. The standard InChI is InChI=1S/C14H28N2O3/c1-5-12(10-17)15-6-8-16(9-7-15)13(18)11-19-14(2,3)4/h12,17H,5-11H2,1-4H3. The third kappa shape index (κ3) is 5.47. The minimum absolute atomic E-state index is 0.0617. The lowest BCUT2D eigenvalue weighted by atomic mass is 10.1. The van der Waals surface area contributed by atoms with E-state index in [1.807, 2.05) is 25.7 Å². The molecule has 1 N–H and O–H groups in total. The molecule has 0 aromatic heterocycles. The van der Waals surface area contributed by atoms with Gasteiger partial charge in [-0.25, -0.2) is 0 Å². The maximum absolute atomic E-state index is 12.0. The number of hydrogen-bond donors (Lipinski definition) is 1. The third-order valence-electron chi connectivity index (χ3n) is 3.49. The summed E-state index contributed by atoms with van der Waals surface area (Å²) in [6, 6.07) is 0.225. The zero-order valence-corrected chi connectivity index (χ0v) is 12.7. The van der Waals surface area contributed by atoms with Gasteiger partial charge in [0.15, 0.2) is 0 Å². The molecule has 1 aliphatic rings. The Bertz CT molecular complexity index is 277. The van der Waals surface area contributed by atoms with Gasteiger partial charge in [0.05, 0.1) is 12.2 Å². The molecule has 0 saturated carbocycles. The second-order valence-corrected chi connectivity index (χ2v) is 6.06. The average Bonchev–Trinajstić information content (AvgIpc) is 2.37. The first-order valence-corrected chi connectivity index (χ1v) is 7.14. The van der Waals surface area contributed by atoms with Gasteiger partial charge >= 0.3 is 0 Å². The van der Waals surface area contributed by atoms with Crippen molar-refractivity contribution in [3.05, 3.63) is 0 Å². The molecule has 0 spiro atoms. The van der Waals surface area contributed by atoms with Crippen LogP contribution in [-0.4, -0.2) is 71.8 Å². The molecule has 112 valence electrons. The van der Waals surface area contributed by atoms with Crippen molar-refractivity contribution in [2.45, 2.75) is 45.8 Å². The molecule has 1 saturated heterocycles. The van der Waals surface area contributed by atoms with Gasteiger partial charge in [0.2, 0.25) is 5.91 Å². The Hall–Kier alpha value is -0.650. The summed E-state index contributed by atoms with van der Waals surface area (Å²) in [5.74, 6) is 0.0617. The first kappa shape index (κ1) is 16.4. The first-order chi connectivity index (χ1) is 8.87. The quantitative estimate of drug-likeness (QED) is 0.801. The Morgan fingerprint density at radius 3 is 2.26 bits per heavy atom. The fourth-order valence-corrected chi connectivity index (χ4v) is 2.21. The highest BCUT2D eigenvalue weighted by molar-refractivity contribution is 5.77. The number of aliphatic hydroxyl groups is 1. The van der Waals surface area contributed by atoms with Gasteiger partial charge in [-0.3, -0.25) is 9.69 Å². The Morgan fingerprint density at radius 2 is 1.84 bits per heavy atom. The molecule has 1 heterocycles. The summed E-state index contributed by atoms with van der Waals surface area (Å²) in [6.45, 7) is 11.4. The molecule has 0 aromatic carbocycles. The predicted octanol–water partition coefficient (Wildman–Crippen LogP) is 0.717. The van der Waals surface area contributed by atoms with Crippen LogP contribution in [0.3, 0.4) is 0 Å². The van der Waals surface area contributed by atoms with Crippen LogP contribution in [-0.2, 0) is 9.53 Å². The molecule has 0 aliphatic carbocycles.